The zero-order valence-corrected chi connectivity index (χ0v) is 12.2. The number of amides is 1. The molecule has 2 aromatic rings. The summed E-state index contributed by atoms with van der Waals surface area (Å²) in [7, 11) is 0. The molecule has 0 atom stereocenters. The van der Waals surface area contributed by atoms with Gasteiger partial charge in [0.1, 0.15) is 0 Å². The van der Waals surface area contributed by atoms with E-state index < -0.39 is 0 Å². The van der Waals surface area contributed by atoms with Gasteiger partial charge in [0.05, 0.1) is 5.56 Å². The number of rotatable bonds is 3. The Morgan fingerprint density at radius 2 is 1.95 bits per heavy atom. The minimum atomic E-state index is -0.147. The maximum atomic E-state index is 12.2. The molecule has 0 spiro atoms. The van der Waals surface area contributed by atoms with Gasteiger partial charge in [-0.1, -0.05) is 46.3 Å². The third kappa shape index (κ3) is 3.15. The topological polar surface area (TPSA) is 55.1 Å². The number of hydrogen-bond donors (Lipinski definition) is 2. The van der Waals surface area contributed by atoms with Gasteiger partial charge >= 0.3 is 0 Å². The minimum Gasteiger partial charge on any atom is -0.398 e. The van der Waals surface area contributed by atoms with Crippen molar-refractivity contribution >= 4 is 27.5 Å². The predicted octanol–water partition coefficient (Wildman–Crippen LogP) is 3.27. The van der Waals surface area contributed by atoms with Crippen LogP contribution in [0.1, 0.15) is 21.5 Å². The van der Waals surface area contributed by atoms with Crippen LogP contribution in [0.5, 0.6) is 0 Å². The van der Waals surface area contributed by atoms with E-state index in [2.05, 4.69) is 21.2 Å². The molecule has 2 aromatic carbocycles. The highest BCUT2D eigenvalue weighted by Crippen LogP contribution is 2.18. The van der Waals surface area contributed by atoms with E-state index in [9.17, 15) is 4.79 Å². The molecule has 0 bridgehead atoms. The summed E-state index contributed by atoms with van der Waals surface area (Å²) in [5.74, 6) is -0.147. The van der Waals surface area contributed by atoms with Crippen molar-refractivity contribution in [1.29, 1.82) is 0 Å². The first-order valence-electron chi connectivity index (χ1n) is 5.96. The summed E-state index contributed by atoms with van der Waals surface area (Å²) >= 11 is 3.46. The van der Waals surface area contributed by atoms with Crippen molar-refractivity contribution in [3.63, 3.8) is 0 Å². The molecule has 19 heavy (non-hydrogen) atoms. The van der Waals surface area contributed by atoms with Crippen molar-refractivity contribution in [1.82, 2.24) is 5.32 Å². The fourth-order valence-electron chi connectivity index (χ4n) is 1.91. The second kappa shape index (κ2) is 5.89. The molecule has 0 fully saturated rings. The molecule has 0 aliphatic heterocycles. The van der Waals surface area contributed by atoms with E-state index >= 15 is 0 Å². The number of halogens is 1. The van der Waals surface area contributed by atoms with Crippen molar-refractivity contribution in [2.24, 2.45) is 0 Å². The molecule has 1 amide bonds. The lowest BCUT2D eigenvalue weighted by Crippen LogP contribution is -2.24. The van der Waals surface area contributed by atoms with E-state index in [1.807, 2.05) is 43.3 Å². The summed E-state index contributed by atoms with van der Waals surface area (Å²) in [4.78, 5) is 12.2. The number of nitrogens with one attached hydrogen (secondary N) is 1. The van der Waals surface area contributed by atoms with E-state index in [4.69, 9.17) is 5.73 Å². The third-order valence-electron chi connectivity index (χ3n) is 2.93. The lowest BCUT2D eigenvalue weighted by molar-refractivity contribution is 0.0951. The number of nitrogens with two attached hydrogens (primary N) is 1. The summed E-state index contributed by atoms with van der Waals surface area (Å²) in [6.07, 6.45) is 0. The molecule has 0 heterocycles. The first-order chi connectivity index (χ1) is 9.09. The quantitative estimate of drug-likeness (QED) is 0.853. The van der Waals surface area contributed by atoms with Gasteiger partial charge in [-0.15, -0.1) is 0 Å². The Kier molecular flexibility index (Phi) is 4.22. The molecule has 0 radical (unpaired) electrons. The van der Waals surface area contributed by atoms with Crippen LogP contribution in [0.15, 0.2) is 46.9 Å². The molecule has 2 rings (SSSR count). The maximum absolute atomic E-state index is 12.2. The monoisotopic (exact) mass is 318 g/mol. The summed E-state index contributed by atoms with van der Waals surface area (Å²) in [6.45, 7) is 2.34. The number of hydrogen-bond acceptors (Lipinski definition) is 2. The van der Waals surface area contributed by atoms with Gasteiger partial charge in [0, 0.05) is 16.7 Å². The number of anilines is 1. The van der Waals surface area contributed by atoms with Crippen LogP contribution in [0.2, 0.25) is 0 Å². The molecule has 0 aliphatic rings. The van der Waals surface area contributed by atoms with Gasteiger partial charge in [0.2, 0.25) is 0 Å². The average Bonchev–Trinajstić information content (AvgIpc) is 2.37. The highest BCUT2D eigenvalue weighted by molar-refractivity contribution is 9.10. The number of carbonyl (C=O) groups excluding carboxylic acids is 1. The predicted molar refractivity (Wildman–Crippen MR) is 80.9 cm³/mol. The normalized spacial score (nSPS) is 10.2. The Hall–Kier alpha value is -1.81. The standard InChI is InChI=1S/C15H15BrN2O/c1-10-5-4-8-13(17)14(10)15(19)18-9-11-6-2-3-7-12(11)16/h2-8H,9,17H2,1H3,(H,18,19). The lowest BCUT2D eigenvalue weighted by Gasteiger charge is -2.11. The number of benzene rings is 2. The number of aryl methyl sites for hydroxylation is 1. The van der Waals surface area contributed by atoms with Crippen LogP contribution < -0.4 is 11.1 Å². The Morgan fingerprint density at radius 1 is 1.21 bits per heavy atom. The maximum Gasteiger partial charge on any atom is 0.253 e. The zero-order chi connectivity index (χ0) is 13.8. The molecule has 4 heteroatoms. The Balaban J connectivity index is 2.13. The molecule has 98 valence electrons. The smallest absolute Gasteiger partial charge is 0.253 e. The van der Waals surface area contributed by atoms with E-state index in [1.165, 1.54) is 0 Å². The fraction of sp³-hybridized carbons (Fsp3) is 0.133. The molecular formula is C15H15BrN2O. The first kappa shape index (κ1) is 13.6. The van der Waals surface area contributed by atoms with Crippen LogP contribution in [0, 0.1) is 6.92 Å². The minimum absolute atomic E-state index is 0.147. The van der Waals surface area contributed by atoms with E-state index in [0.717, 1.165) is 15.6 Å². The zero-order valence-electron chi connectivity index (χ0n) is 10.6. The summed E-state index contributed by atoms with van der Waals surface area (Å²) in [5.41, 5.74) is 8.82. The van der Waals surface area contributed by atoms with Gasteiger partial charge in [-0.3, -0.25) is 4.79 Å². The highest BCUT2D eigenvalue weighted by Gasteiger charge is 2.12. The van der Waals surface area contributed by atoms with Crippen molar-refractivity contribution in [2.75, 3.05) is 5.73 Å². The van der Waals surface area contributed by atoms with Gasteiger partial charge in [-0.2, -0.15) is 0 Å². The van der Waals surface area contributed by atoms with Gasteiger partial charge in [0.25, 0.3) is 5.91 Å². The Bertz CT molecular complexity index is 591. The molecule has 0 saturated heterocycles. The fourth-order valence-corrected chi connectivity index (χ4v) is 2.33. The second-order valence-corrected chi connectivity index (χ2v) is 5.17. The molecule has 0 aromatic heterocycles. The Labute approximate surface area is 121 Å². The average molecular weight is 319 g/mol. The Morgan fingerprint density at radius 3 is 2.63 bits per heavy atom. The number of nitrogen functional groups attached to an aromatic ring is 1. The number of carbonyl (C=O) groups is 1. The molecule has 0 unspecified atom stereocenters. The van der Waals surface area contributed by atoms with Crippen LogP contribution in [0.4, 0.5) is 5.69 Å². The van der Waals surface area contributed by atoms with E-state index in [0.29, 0.717) is 17.8 Å². The first-order valence-corrected chi connectivity index (χ1v) is 6.75. The summed E-state index contributed by atoms with van der Waals surface area (Å²) in [5, 5.41) is 2.89. The van der Waals surface area contributed by atoms with Crippen molar-refractivity contribution in [3.8, 4) is 0 Å². The van der Waals surface area contributed by atoms with E-state index in [1.54, 1.807) is 6.07 Å². The van der Waals surface area contributed by atoms with Crippen LogP contribution >= 0.6 is 15.9 Å². The van der Waals surface area contributed by atoms with Crippen LogP contribution in [-0.2, 0) is 6.54 Å². The lowest BCUT2D eigenvalue weighted by atomic mass is 10.1. The van der Waals surface area contributed by atoms with E-state index in [-0.39, 0.29) is 5.91 Å². The van der Waals surface area contributed by atoms with Gasteiger partial charge < -0.3 is 11.1 Å². The van der Waals surface area contributed by atoms with Crippen LogP contribution in [0.25, 0.3) is 0 Å². The molecule has 0 saturated carbocycles. The van der Waals surface area contributed by atoms with Gasteiger partial charge in [0.15, 0.2) is 0 Å². The van der Waals surface area contributed by atoms with Crippen molar-refractivity contribution < 1.29 is 4.79 Å². The summed E-state index contributed by atoms with van der Waals surface area (Å²) in [6, 6.07) is 13.2. The largest absolute Gasteiger partial charge is 0.398 e. The summed E-state index contributed by atoms with van der Waals surface area (Å²) < 4.78 is 0.980. The van der Waals surface area contributed by atoms with Crippen molar-refractivity contribution in [3.05, 3.63) is 63.6 Å². The molecule has 0 aliphatic carbocycles. The van der Waals surface area contributed by atoms with Gasteiger partial charge in [-0.25, -0.2) is 0 Å². The van der Waals surface area contributed by atoms with Crippen LogP contribution in [-0.4, -0.2) is 5.91 Å². The molecular weight excluding hydrogens is 304 g/mol. The highest BCUT2D eigenvalue weighted by atomic mass is 79.9. The van der Waals surface area contributed by atoms with Crippen LogP contribution in [0.3, 0.4) is 0 Å². The molecule has 3 nitrogen and oxygen atoms in total. The molecule has 3 N–H and O–H groups in total. The SMILES string of the molecule is Cc1cccc(N)c1C(=O)NCc1ccccc1Br. The second-order valence-electron chi connectivity index (χ2n) is 4.31. The van der Waals surface area contributed by atoms with Gasteiger partial charge in [-0.05, 0) is 30.2 Å². The van der Waals surface area contributed by atoms with Crippen molar-refractivity contribution in [2.45, 2.75) is 13.5 Å². The third-order valence-corrected chi connectivity index (χ3v) is 3.70.